The summed E-state index contributed by atoms with van der Waals surface area (Å²) in [7, 11) is 0. The lowest BCUT2D eigenvalue weighted by Crippen LogP contribution is -2.34. The Morgan fingerprint density at radius 2 is 1.93 bits per heavy atom. The van der Waals surface area contributed by atoms with Crippen LogP contribution in [0, 0.1) is 5.92 Å². The van der Waals surface area contributed by atoms with Crippen LogP contribution in [0.25, 0.3) is 5.65 Å². The second-order valence-corrected chi connectivity index (χ2v) is 7.50. The number of imidazole rings is 1. The zero-order valence-electron chi connectivity index (χ0n) is 15.5. The molecule has 0 aliphatic carbocycles. The van der Waals surface area contributed by atoms with Gasteiger partial charge in [0.1, 0.15) is 5.65 Å². The van der Waals surface area contributed by atoms with Crippen molar-refractivity contribution in [2.75, 3.05) is 24.6 Å². The number of aliphatic hydroxyl groups is 1. The molecule has 1 aliphatic rings. The summed E-state index contributed by atoms with van der Waals surface area (Å²) in [6.07, 6.45) is 3.82. The Morgan fingerprint density at radius 1 is 1.18 bits per heavy atom. The normalized spacial score (nSPS) is 15.1. The standard InChI is InChI=1S/C21H23ClN4O2/c22-20-19(26-10-2-1-3-18(26)24-20)21(28)23-13-15-4-6-17(7-5-15)25-11-8-16(14-27)9-12-25/h1-7,10,16,27H,8-9,11-14H2,(H,23,28). The minimum atomic E-state index is -0.251. The molecular weight excluding hydrogens is 376 g/mol. The molecule has 2 N–H and O–H groups in total. The molecular formula is C21H23ClN4O2. The molecule has 7 heteroatoms. The maximum Gasteiger partial charge on any atom is 0.271 e. The van der Waals surface area contributed by atoms with Gasteiger partial charge in [0.05, 0.1) is 0 Å². The number of nitrogens with zero attached hydrogens (tertiary/aromatic N) is 3. The van der Waals surface area contributed by atoms with Gasteiger partial charge >= 0.3 is 0 Å². The third kappa shape index (κ3) is 3.84. The zero-order valence-corrected chi connectivity index (χ0v) is 16.3. The molecule has 1 amide bonds. The van der Waals surface area contributed by atoms with Gasteiger partial charge in [-0.2, -0.15) is 0 Å². The molecule has 1 fully saturated rings. The molecule has 0 saturated carbocycles. The van der Waals surface area contributed by atoms with Crippen molar-refractivity contribution in [2.45, 2.75) is 19.4 Å². The van der Waals surface area contributed by atoms with E-state index in [1.807, 2.05) is 30.3 Å². The van der Waals surface area contributed by atoms with Crippen LogP contribution in [0.4, 0.5) is 5.69 Å². The van der Waals surface area contributed by atoms with Gasteiger partial charge in [0, 0.05) is 38.1 Å². The number of anilines is 1. The first-order chi connectivity index (χ1) is 13.7. The molecule has 0 spiro atoms. The predicted octanol–water partition coefficient (Wildman–Crippen LogP) is 3.13. The molecule has 1 aromatic carbocycles. The fourth-order valence-corrected chi connectivity index (χ4v) is 3.90. The van der Waals surface area contributed by atoms with E-state index >= 15 is 0 Å². The second kappa shape index (κ2) is 8.20. The Hall–Kier alpha value is -2.57. The number of nitrogens with one attached hydrogen (secondary N) is 1. The summed E-state index contributed by atoms with van der Waals surface area (Å²) in [6, 6.07) is 13.7. The number of pyridine rings is 1. The molecule has 0 unspecified atom stereocenters. The quantitative estimate of drug-likeness (QED) is 0.692. The van der Waals surface area contributed by atoms with Crippen molar-refractivity contribution in [2.24, 2.45) is 5.92 Å². The monoisotopic (exact) mass is 398 g/mol. The SMILES string of the molecule is O=C(NCc1ccc(N2CCC(CO)CC2)cc1)c1c(Cl)nc2ccccn12. The largest absolute Gasteiger partial charge is 0.396 e. The van der Waals surface area contributed by atoms with Crippen LogP contribution in [0.2, 0.25) is 5.15 Å². The van der Waals surface area contributed by atoms with Crippen LogP contribution in [0.3, 0.4) is 0 Å². The highest BCUT2D eigenvalue weighted by Gasteiger charge is 2.19. The number of fused-ring (bicyclic) bond motifs is 1. The Morgan fingerprint density at radius 3 is 2.64 bits per heavy atom. The maximum atomic E-state index is 12.6. The van der Waals surface area contributed by atoms with Crippen molar-refractivity contribution in [1.29, 1.82) is 0 Å². The van der Waals surface area contributed by atoms with Crippen molar-refractivity contribution in [3.63, 3.8) is 0 Å². The molecule has 0 radical (unpaired) electrons. The number of aliphatic hydroxyl groups excluding tert-OH is 1. The first kappa shape index (κ1) is 18.8. The Kier molecular flexibility index (Phi) is 5.50. The number of aromatic nitrogens is 2. The summed E-state index contributed by atoms with van der Waals surface area (Å²) < 4.78 is 1.69. The molecule has 4 rings (SSSR count). The molecule has 1 saturated heterocycles. The number of hydrogen-bond donors (Lipinski definition) is 2. The lowest BCUT2D eigenvalue weighted by molar-refractivity contribution is 0.0945. The Labute approximate surface area is 168 Å². The Balaban J connectivity index is 1.38. The van der Waals surface area contributed by atoms with Crippen molar-refractivity contribution < 1.29 is 9.90 Å². The number of hydrogen-bond acceptors (Lipinski definition) is 4. The van der Waals surface area contributed by atoms with Crippen LogP contribution < -0.4 is 10.2 Å². The molecule has 6 nitrogen and oxygen atoms in total. The van der Waals surface area contributed by atoms with Crippen molar-refractivity contribution >= 4 is 28.8 Å². The van der Waals surface area contributed by atoms with Crippen LogP contribution in [0.5, 0.6) is 0 Å². The van der Waals surface area contributed by atoms with E-state index in [4.69, 9.17) is 11.6 Å². The molecule has 0 bridgehead atoms. The van der Waals surface area contributed by atoms with E-state index < -0.39 is 0 Å². The van der Waals surface area contributed by atoms with Gasteiger partial charge in [0.25, 0.3) is 5.91 Å². The van der Waals surface area contributed by atoms with E-state index in [9.17, 15) is 9.90 Å². The lowest BCUT2D eigenvalue weighted by Gasteiger charge is -2.33. The summed E-state index contributed by atoms with van der Waals surface area (Å²) in [5, 5.41) is 12.4. The molecule has 3 heterocycles. The number of rotatable bonds is 5. The van der Waals surface area contributed by atoms with Crippen LogP contribution in [0.15, 0.2) is 48.7 Å². The molecule has 2 aromatic heterocycles. The number of carbonyl (C=O) groups is 1. The highest BCUT2D eigenvalue weighted by molar-refractivity contribution is 6.32. The fraction of sp³-hybridized carbons (Fsp3) is 0.333. The lowest BCUT2D eigenvalue weighted by atomic mass is 9.97. The summed E-state index contributed by atoms with van der Waals surface area (Å²) in [6.45, 7) is 2.63. The molecule has 28 heavy (non-hydrogen) atoms. The van der Waals surface area contributed by atoms with Crippen LogP contribution in [0.1, 0.15) is 28.9 Å². The minimum Gasteiger partial charge on any atom is -0.396 e. The predicted molar refractivity (Wildman–Crippen MR) is 110 cm³/mol. The number of carbonyl (C=O) groups excluding carboxylic acids is 1. The van der Waals surface area contributed by atoms with Gasteiger partial charge < -0.3 is 15.3 Å². The highest BCUT2D eigenvalue weighted by Crippen LogP contribution is 2.23. The van der Waals surface area contributed by atoms with Gasteiger partial charge in [-0.05, 0) is 48.6 Å². The smallest absolute Gasteiger partial charge is 0.271 e. The summed E-state index contributed by atoms with van der Waals surface area (Å²) in [4.78, 5) is 19.2. The average molecular weight is 399 g/mol. The molecule has 146 valence electrons. The van der Waals surface area contributed by atoms with Crippen LogP contribution in [-0.4, -0.2) is 40.1 Å². The summed E-state index contributed by atoms with van der Waals surface area (Å²) in [5.74, 6) is 0.177. The number of piperidine rings is 1. The third-order valence-electron chi connectivity index (χ3n) is 5.33. The van der Waals surface area contributed by atoms with Gasteiger partial charge in [0.15, 0.2) is 10.8 Å². The highest BCUT2D eigenvalue weighted by atomic mass is 35.5. The maximum absolute atomic E-state index is 12.6. The second-order valence-electron chi connectivity index (χ2n) is 7.14. The van der Waals surface area contributed by atoms with Gasteiger partial charge in [-0.15, -0.1) is 0 Å². The van der Waals surface area contributed by atoms with E-state index in [2.05, 4.69) is 27.3 Å². The first-order valence-corrected chi connectivity index (χ1v) is 9.89. The number of benzene rings is 1. The van der Waals surface area contributed by atoms with E-state index in [1.54, 1.807) is 10.6 Å². The van der Waals surface area contributed by atoms with E-state index in [0.29, 0.717) is 23.8 Å². The average Bonchev–Trinajstić information content (AvgIpc) is 3.08. The van der Waals surface area contributed by atoms with Crippen molar-refractivity contribution in [3.05, 3.63) is 65.1 Å². The van der Waals surface area contributed by atoms with E-state index in [1.165, 1.54) is 5.69 Å². The zero-order chi connectivity index (χ0) is 19.5. The number of halogens is 1. The number of amides is 1. The third-order valence-corrected chi connectivity index (χ3v) is 5.59. The van der Waals surface area contributed by atoms with E-state index in [-0.39, 0.29) is 17.7 Å². The summed E-state index contributed by atoms with van der Waals surface area (Å²) >= 11 is 6.16. The van der Waals surface area contributed by atoms with Crippen molar-refractivity contribution in [3.8, 4) is 0 Å². The molecule has 3 aromatic rings. The Bertz CT molecular complexity index is 962. The van der Waals surface area contributed by atoms with Crippen LogP contribution >= 0.6 is 11.6 Å². The first-order valence-electron chi connectivity index (χ1n) is 9.51. The van der Waals surface area contributed by atoms with Gasteiger partial charge in [0.2, 0.25) is 0 Å². The fourth-order valence-electron chi connectivity index (χ4n) is 3.63. The summed E-state index contributed by atoms with van der Waals surface area (Å²) in [5.41, 5.74) is 3.19. The molecule has 0 atom stereocenters. The van der Waals surface area contributed by atoms with Gasteiger partial charge in [-0.1, -0.05) is 29.8 Å². The minimum absolute atomic E-state index is 0.199. The van der Waals surface area contributed by atoms with E-state index in [0.717, 1.165) is 31.5 Å². The van der Waals surface area contributed by atoms with Gasteiger partial charge in [-0.25, -0.2) is 4.98 Å². The topological polar surface area (TPSA) is 69.9 Å². The van der Waals surface area contributed by atoms with Crippen molar-refractivity contribution in [1.82, 2.24) is 14.7 Å². The van der Waals surface area contributed by atoms with Gasteiger partial charge in [-0.3, -0.25) is 9.20 Å². The molecule has 1 aliphatic heterocycles. The van der Waals surface area contributed by atoms with Crippen LogP contribution in [-0.2, 0) is 6.54 Å².